The number of carbonyl (C=O) groups excluding carboxylic acids is 1. The van der Waals surface area contributed by atoms with E-state index in [1.807, 2.05) is 0 Å². The van der Waals surface area contributed by atoms with E-state index < -0.39 is 45.1 Å². The molecular formula is C46H78NO9P. The highest BCUT2D eigenvalue weighted by atomic mass is 31.2. The lowest BCUT2D eigenvalue weighted by atomic mass is 10.1. The van der Waals surface area contributed by atoms with Gasteiger partial charge in [-0.1, -0.05) is 144 Å². The summed E-state index contributed by atoms with van der Waals surface area (Å²) in [5, 5.41) is 8.90. The Hall–Kier alpha value is -2.85. The molecule has 57 heavy (non-hydrogen) atoms. The van der Waals surface area contributed by atoms with Crippen molar-refractivity contribution < 1.29 is 42.7 Å². The zero-order chi connectivity index (χ0) is 41.9. The van der Waals surface area contributed by atoms with Crippen LogP contribution in [0.2, 0.25) is 0 Å². The number of unbranched alkanes of at least 4 members (excludes halogenated alkanes) is 12. The number of hydrogen-bond donors (Lipinski definition) is 3. The smallest absolute Gasteiger partial charge is 0.472 e. The van der Waals surface area contributed by atoms with Gasteiger partial charge in [-0.25, -0.2) is 4.57 Å². The van der Waals surface area contributed by atoms with Gasteiger partial charge in [0.25, 0.3) is 0 Å². The lowest BCUT2D eigenvalue weighted by Crippen LogP contribution is -2.34. The maximum Gasteiger partial charge on any atom is 0.472 e. The predicted molar refractivity (Wildman–Crippen MR) is 235 cm³/mol. The predicted octanol–water partition coefficient (Wildman–Crippen LogP) is 12.0. The molecule has 11 heteroatoms. The number of aliphatic carboxylic acids is 1. The number of allylic oxidation sites excluding steroid dienone is 14. The fraction of sp³-hybridized carbons (Fsp3) is 0.652. The van der Waals surface area contributed by atoms with Crippen molar-refractivity contribution in [1.29, 1.82) is 0 Å². The summed E-state index contributed by atoms with van der Waals surface area (Å²) in [6.07, 6.45) is 52.1. The second-order valence-electron chi connectivity index (χ2n) is 14.1. The van der Waals surface area contributed by atoms with E-state index in [4.69, 9.17) is 29.4 Å². The molecule has 0 aliphatic rings. The molecule has 0 aromatic rings. The van der Waals surface area contributed by atoms with Gasteiger partial charge in [-0.3, -0.25) is 18.6 Å². The molecule has 0 bridgehead atoms. The summed E-state index contributed by atoms with van der Waals surface area (Å²) in [6.45, 7) is 3.60. The first kappa shape index (κ1) is 54.2. The highest BCUT2D eigenvalue weighted by Gasteiger charge is 2.27. The van der Waals surface area contributed by atoms with Crippen LogP contribution in [-0.4, -0.2) is 60.5 Å². The molecule has 0 aromatic carbocycles. The topological polar surface area (TPSA) is 155 Å². The summed E-state index contributed by atoms with van der Waals surface area (Å²) in [4.78, 5) is 33.5. The van der Waals surface area contributed by atoms with Crippen molar-refractivity contribution in [3.05, 3.63) is 85.1 Å². The van der Waals surface area contributed by atoms with E-state index in [-0.39, 0.29) is 13.0 Å². The molecule has 0 saturated heterocycles. The number of nitrogens with two attached hydrogens (primary N) is 1. The molecule has 326 valence electrons. The van der Waals surface area contributed by atoms with Crippen molar-refractivity contribution in [2.24, 2.45) is 5.73 Å². The van der Waals surface area contributed by atoms with Gasteiger partial charge in [0.1, 0.15) is 12.1 Å². The van der Waals surface area contributed by atoms with Crippen LogP contribution in [-0.2, 0) is 32.7 Å². The van der Waals surface area contributed by atoms with E-state index >= 15 is 0 Å². The van der Waals surface area contributed by atoms with Crippen LogP contribution in [0.3, 0.4) is 0 Å². The Morgan fingerprint density at radius 3 is 1.53 bits per heavy atom. The van der Waals surface area contributed by atoms with Crippen LogP contribution >= 0.6 is 7.82 Å². The van der Waals surface area contributed by atoms with Crippen molar-refractivity contribution in [3.8, 4) is 0 Å². The lowest BCUT2D eigenvalue weighted by Gasteiger charge is -2.20. The number of hydrogen-bond acceptors (Lipinski definition) is 8. The fourth-order valence-corrected chi connectivity index (χ4v) is 6.08. The maximum absolute atomic E-state index is 12.6. The molecule has 0 fully saturated rings. The number of carboxylic acid groups (broad SMARTS) is 1. The molecule has 0 aromatic heterocycles. The summed E-state index contributed by atoms with van der Waals surface area (Å²) < 4.78 is 33.3. The average Bonchev–Trinajstić information content (AvgIpc) is 3.19. The Labute approximate surface area is 346 Å². The van der Waals surface area contributed by atoms with Crippen molar-refractivity contribution >= 4 is 19.8 Å². The van der Waals surface area contributed by atoms with E-state index in [0.29, 0.717) is 13.0 Å². The van der Waals surface area contributed by atoms with E-state index in [9.17, 15) is 19.0 Å². The molecule has 0 aliphatic heterocycles. The number of rotatable bonds is 40. The van der Waals surface area contributed by atoms with Gasteiger partial charge in [-0.05, 0) is 89.9 Å². The van der Waals surface area contributed by atoms with E-state index in [2.05, 4.69) is 98.9 Å². The molecular weight excluding hydrogens is 741 g/mol. The van der Waals surface area contributed by atoms with Gasteiger partial charge in [-0.15, -0.1) is 0 Å². The molecule has 10 nitrogen and oxygen atoms in total. The van der Waals surface area contributed by atoms with Crippen LogP contribution in [0.1, 0.15) is 155 Å². The number of phosphoric acid groups is 1. The van der Waals surface area contributed by atoms with Crippen LogP contribution in [0.15, 0.2) is 85.1 Å². The third-order valence-corrected chi connectivity index (χ3v) is 9.61. The van der Waals surface area contributed by atoms with Gasteiger partial charge in [0, 0.05) is 13.0 Å². The SMILES string of the molecule is CC/C=C\C/C=C\C/C=C\C/C=C\C/C=C\CCCCOCC(COP(=O)(O)OCC(N)C(=O)O)OC(=O)CCCCCCCCC/C=C\C/C=C\CCCCC. The monoisotopic (exact) mass is 820 g/mol. The number of phosphoric ester groups is 1. The van der Waals surface area contributed by atoms with Crippen molar-refractivity contribution in [1.82, 2.24) is 0 Å². The Morgan fingerprint density at radius 2 is 1.02 bits per heavy atom. The van der Waals surface area contributed by atoms with Gasteiger partial charge in [0.05, 0.1) is 19.8 Å². The number of ether oxygens (including phenoxy) is 2. The Balaban J connectivity index is 4.36. The molecule has 3 atom stereocenters. The summed E-state index contributed by atoms with van der Waals surface area (Å²) in [6, 6.07) is -1.49. The van der Waals surface area contributed by atoms with Gasteiger partial charge >= 0.3 is 19.8 Å². The molecule has 3 unspecified atom stereocenters. The molecule has 0 heterocycles. The molecule has 0 aliphatic carbocycles. The second-order valence-corrected chi connectivity index (χ2v) is 15.5. The van der Waals surface area contributed by atoms with Crippen molar-refractivity contribution in [3.63, 3.8) is 0 Å². The highest BCUT2D eigenvalue weighted by Crippen LogP contribution is 2.43. The summed E-state index contributed by atoms with van der Waals surface area (Å²) in [5.74, 6) is -1.81. The van der Waals surface area contributed by atoms with E-state index in [1.165, 1.54) is 44.9 Å². The standard InChI is InChI=1S/C46H78NO9P/c1-3-5-7-9-11-13-15-17-19-21-23-25-27-29-31-33-35-37-39-53-40-43(41-54-57(51,52)55-42-44(47)46(49)50)56-45(48)38-36-34-32-30-28-26-24-22-20-18-16-14-12-10-8-6-4-2/h5,7,11-14,17-20,23,25,29,31,43-44H,3-4,6,8-10,15-16,21-22,24,26-28,30,32-42,47H2,1-2H3,(H,49,50)(H,51,52)/b7-5-,13-11-,14-12-,19-17-,20-18-,25-23-,31-29-. The number of carboxylic acids is 1. The zero-order valence-electron chi connectivity index (χ0n) is 35.4. The first-order valence-electron chi connectivity index (χ1n) is 21.6. The van der Waals surface area contributed by atoms with Gasteiger partial charge in [0.15, 0.2) is 0 Å². The zero-order valence-corrected chi connectivity index (χ0v) is 36.3. The molecule has 0 radical (unpaired) electrons. The minimum absolute atomic E-state index is 0.0208. The maximum atomic E-state index is 12.6. The van der Waals surface area contributed by atoms with E-state index in [0.717, 1.165) is 83.5 Å². The summed E-state index contributed by atoms with van der Waals surface area (Å²) in [7, 11) is -4.64. The highest BCUT2D eigenvalue weighted by molar-refractivity contribution is 7.47. The molecule has 0 spiro atoms. The Morgan fingerprint density at radius 1 is 0.579 bits per heavy atom. The second kappa shape index (κ2) is 41.3. The Kier molecular flexibility index (Phi) is 39.2. The van der Waals surface area contributed by atoms with Crippen molar-refractivity contribution in [2.75, 3.05) is 26.4 Å². The Bertz CT molecular complexity index is 1220. The molecule has 4 N–H and O–H groups in total. The summed E-state index contributed by atoms with van der Waals surface area (Å²) >= 11 is 0. The minimum atomic E-state index is -4.64. The van der Waals surface area contributed by atoms with E-state index in [1.54, 1.807) is 0 Å². The van der Waals surface area contributed by atoms with Crippen LogP contribution in [0.4, 0.5) is 0 Å². The van der Waals surface area contributed by atoms with Gasteiger partial charge in [-0.2, -0.15) is 0 Å². The quantitative estimate of drug-likeness (QED) is 0.0235. The first-order chi connectivity index (χ1) is 27.7. The largest absolute Gasteiger partial charge is 0.480 e. The minimum Gasteiger partial charge on any atom is -0.480 e. The normalized spacial score (nSPS) is 14.7. The number of esters is 1. The lowest BCUT2D eigenvalue weighted by molar-refractivity contribution is -0.154. The third kappa shape index (κ3) is 41.1. The molecule has 0 rings (SSSR count). The first-order valence-corrected chi connectivity index (χ1v) is 23.1. The molecule has 0 amide bonds. The number of carbonyl (C=O) groups is 2. The summed E-state index contributed by atoms with van der Waals surface area (Å²) in [5.41, 5.74) is 5.35. The van der Waals surface area contributed by atoms with Crippen LogP contribution in [0.25, 0.3) is 0 Å². The van der Waals surface area contributed by atoms with Crippen LogP contribution in [0, 0.1) is 0 Å². The van der Waals surface area contributed by atoms with Crippen LogP contribution in [0.5, 0.6) is 0 Å². The van der Waals surface area contributed by atoms with Gasteiger partial charge in [0.2, 0.25) is 0 Å². The van der Waals surface area contributed by atoms with Gasteiger partial charge < -0.3 is 25.2 Å². The van der Waals surface area contributed by atoms with Crippen molar-refractivity contribution in [2.45, 2.75) is 167 Å². The third-order valence-electron chi connectivity index (χ3n) is 8.66. The van der Waals surface area contributed by atoms with Crippen LogP contribution < -0.4 is 5.73 Å². The average molecular weight is 820 g/mol. The molecule has 0 saturated carbocycles. The fourth-order valence-electron chi connectivity index (χ4n) is 5.31.